The van der Waals surface area contributed by atoms with Crippen molar-refractivity contribution >= 4 is 26.9 Å². The zero-order valence-corrected chi connectivity index (χ0v) is 11.4. The summed E-state index contributed by atoms with van der Waals surface area (Å²) in [6.45, 7) is 0. The summed E-state index contributed by atoms with van der Waals surface area (Å²) < 4.78 is 19.6. The Kier molecular flexibility index (Phi) is 3.08. The van der Waals surface area contributed by atoms with E-state index in [0.29, 0.717) is 22.4 Å². The van der Waals surface area contributed by atoms with Crippen molar-refractivity contribution in [2.24, 2.45) is 5.73 Å². The van der Waals surface area contributed by atoms with Crippen LogP contribution >= 0.6 is 15.9 Å². The first-order chi connectivity index (χ1) is 9.15. The molecular weight excluding hydrogens is 311 g/mol. The maximum Gasteiger partial charge on any atom is 0.134 e. The Balaban J connectivity index is 2.07. The number of hydrogen-bond acceptors (Lipinski definition) is 3. The molecule has 0 radical (unpaired) electrons. The molecule has 1 aromatic carbocycles. The maximum atomic E-state index is 13.1. The molecule has 0 aliphatic carbocycles. The van der Waals surface area contributed by atoms with Gasteiger partial charge in [-0.25, -0.2) is 4.39 Å². The number of fused-ring (bicyclic) bond motifs is 1. The van der Waals surface area contributed by atoms with E-state index < -0.39 is 6.04 Å². The third-order valence-electron chi connectivity index (χ3n) is 2.89. The molecule has 3 nitrogen and oxygen atoms in total. The number of nitrogens with zero attached hydrogens (tertiary/aromatic N) is 1. The second-order valence-corrected chi connectivity index (χ2v) is 5.03. The van der Waals surface area contributed by atoms with Gasteiger partial charge in [-0.3, -0.25) is 4.98 Å². The Morgan fingerprint density at radius 1 is 1.26 bits per heavy atom. The molecular formula is C14H10BrFN2O. The van der Waals surface area contributed by atoms with Crippen molar-refractivity contribution in [1.29, 1.82) is 0 Å². The second kappa shape index (κ2) is 4.75. The third kappa shape index (κ3) is 2.27. The van der Waals surface area contributed by atoms with Crippen molar-refractivity contribution < 1.29 is 8.81 Å². The summed E-state index contributed by atoms with van der Waals surface area (Å²) in [7, 11) is 0. The molecule has 2 heterocycles. The third-order valence-corrected chi connectivity index (χ3v) is 3.56. The summed E-state index contributed by atoms with van der Waals surface area (Å²) in [5.74, 6) is 0.257. The number of furan rings is 1. The minimum absolute atomic E-state index is 0.299. The standard InChI is InChI=1S/C14H10BrFN2O/c15-10-2-1-5-18-14(10)13(17)12-7-8-6-9(16)3-4-11(8)19-12/h1-7,13H,17H2. The summed E-state index contributed by atoms with van der Waals surface area (Å²) >= 11 is 3.41. The van der Waals surface area contributed by atoms with Crippen LogP contribution in [-0.2, 0) is 0 Å². The van der Waals surface area contributed by atoms with Crippen molar-refractivity contribution in [2.75, 3.05) is 0 Å². The quantitative estimate of drug-likeness (QED) is 0.781. The Morgan fingerprint density at radius 2 is 2.11 bits per heavy atom. The van der Waals surface area contributed by atoms with Crippen LogP contribution in [0.4, 0.5) is 4.39 Å². The number of halogens is 2. The molecule has 0 amide bonds. The van der Waals surface area contributed by atoms with Crippen LogP contribution < -0.4 is 5.73 Å². The van der Waals surface area contributed by atoms with Gasteiger partial charge in [-0.1, -0.05) is 0 Å². The molecule has 5 heteroatoms. The average molecular weight is 321 g/mol. The molecule has 1 unspecified atom stereocenters. The van der Waals surface area contributed by atoms with Crippen LogP contribution in [0.2, 0.25) is 0 Å². The molecule has 3 aromatic rings. The first-order valence-electron chi connectivity index (χ1n) is 5.70. The molecule has 0 aliphatic heterocycles. The van der Waals surface area contributed by atoms with Crippen LogP contribution in [0.15, 0.2) is 51.5 Å². The summed E-state index contributed by atoms with van der Waals surface area (Å²) in [5.41, 5.74) is 7.43. The van der Waals surface area contributed by atoms with E-state index in [-0.39, 0.29) is 5.82 Å². The molecule has 0 bridgehead atoms. The number of hydrogen-bond donors (Lipinski definition) is 1. The van der Waals surface area contributed by atoms with E-state index in [2.05, 4.69) is 20.9 Å². The highest BCUT2D eigenvalue weighted by Crippen LogP contribution is 2.29. The number of pyridine rings is 1. The van der Waals surface area contributed by atoms with Crippen LogP contribution in [0.25, 0.3) is 11.0 Å². The van der Waals surface area contributed by atoms with Gasteiger partial charge in [-0.2, -0.15) is 0 Å². The van der Waals surface area contributed by atoms with Crippen LogP contribution in [0.3, 0.4) is 0 Å². The van der Waals surface area contributed by atoms with Gasteiger partial charge in [0.05, 0.1) is 5.69 Å². The smallest absolute Gasteiger partial charge is 0.134 e. The molecule has 1 atom stereocenters. The van der Waals surface area contributed by atoms with Gasteiger partial charge in [0.1, 0.15) is 23.2 Å². The lowest BCUT2D eigenvalue weighted by atomic mass is 10.1. The van der Waals surface area contributed by atoms with Crippen LogP contribution in [0.5, 0.6) is 0 Å². The summed E-state index contributed by atoms with van der Waals surface area (Å²) in [4.78, 5) is 4.24. The zero-order valence-electron chi connectivity index (χ0n) is 9.81. The summed E-state index contributed by atoms with van der Waals surface area (Å²) in [6.07, 6.45) is 1.67. The highest BCUT2D eigenvalue weighted by atomic mass is 79.9. The molecule has 3 rings (SSSR count). The predicted molar refractivity (Wildman–Crippen MR) is 74.1 cm³/mol. The molecule has 0 fully saturated rings. The molecule has 0 spiro atoms. The molecule has 19 heavy (non-hydrogen) atoms. The first-order valence-corrected chi connectivity index (χ1v) is 6.49. The normalized spacial score (nSPS) is 12.8. The van der Waals surface area contributed by atoms with Gasteiger partial charge in [0.2, 0.25) is 0 Å². The predicted octanol–water partition coefficient (Wildman–Crippen LogP) is 3.78. The Bertz CT molecular complexity index is 741. The van der Waals surface area contributed by atoms with E-state index in [4.69, 9.17) is 10.2 Å². The van der Waals surface area contributed by atoms with Gasteiger partial charge < -0.3 is 10.2 Å². The minimum atomic E-state index is -0.494. The molecule has 0 aliphatic rings. The number of aromatic nitrogens is 1. The number of benzene rings is 1. The molecule has 0 saturated carbocycles. The van der Waals surface area contributed by atoms with Gasteiger partial charge in [-0.05, 0) is 52.3 Å². The van der Waals surface area contributed by atoms with Crippen LogP contribution in [0.1, 0.15) is 17.5 Å². The van der Waals surface area contributed by atoms with Gasteiger partial charge in [0.15, 0.2) is 0 Å². The van der Waals surface area contributed by atoms with E-state index in [0.717, 1.165) is 4.47 Å². The van der Waals surface area contributed by atoms with Crippen molar-refractivity contribution in [3.63, 3.8) is 0 Å². The maximum absolute atomic E-state index is 13.1. The largest absolute Gasteiger partial charge is 0.459 e. The van der Waals surface area contributed by atoms with Crippen molar-refractivity contribution in [3.8, 4) is 0 Å². The lowest BCUT2D eigenvalue weighted by Crippen LogP contribution is -2.13. The van der Waals surface area contributed by atoms with Crippen molar-refractivity contribution in [1.82, 2.24) is 4.98 Å². The Labute approximate surface area is 117 Å². The van der Waals surface area contributed by atoms with E-state index in [1.54, 1.807) is 18.3 Å². The molecule has 96 valence electrons. The lowest BCUT2D eigenvalue weighted by Gasteiger charge is -2.09. The van der Waals surface area contributed by atoms with E-state index in [9.17, 15) is 4.39 Å². The lowest BCUT2D eigenvalue weighted by molar-refractivity contribution is 0.519. The van der Waals surface area contributed by atoms with E-state index >= 15 is 0 Å². The number of nitrogens with two attached hydrogens (primary N) is 1. The monoisotopic (exact) mass is 320 g/mol. The van der Waals surface area contributed by atoms with Gasteiger partial charge >= 0.3 is 0 Å². The van der Waals surface area contributed by atoms with E-state index in [1.165, 1.54) is 12.1 Å². The SMILES string of the molecule is NC(c1cc2cc(F)ccc2o1)c1ncccc1Br. The molecule has 2 N–H and O–H groups in total. The first kappa shape index (κ1) is 12.3. The fourth-order valence-electron chi connectivity index (χ4n) is 1.95. The second-order valence-electron chi connectivity index (χ2n) is 4.18. The van der Waals surface area contributed by atoms with E-state index in [1.807, 2.05) is 12.1 Å². The number of rotatable bonds is 2. The van der Waals surface area contributed by atoms with Gasteiger partial charge in [-0.15, -0.1) is 0 Å². The zero-order chi connectivity index (χ0) is 13.4. The van der Waals surface area contributed by atoms with Crippen molar-refractivity contribution in [3.05, 3.63) is 64.3 Å². The minimum Gasteiger partial charge on any atom is -0.459 e. The fourth-order valence-corrected chi connectivity index (χ4v) is 2.45. The highest BCUT2D eigenvalue weighted by Gasteiger charge is 2.18. The van der Waals surface area contributed by atoms with Gasteiger partial charge in [0.25, 0.3) is 0 Å². The fraction of sp³-hybridized carbons (Fsp3) is 0.0714. The summed E-state index contributed by atoms with van der Waals surface area (Å²) in [5, 5.41) is 0.692. The average Bonchev–Trinajstić information content (AvgIpc) is 2.81. The molecule has 2 aromatic heterocycles. The Hall–Kier alpha value is -1.72. The van der Waals surface area contributed by atoms with Crippen molar-refractivity contribution in [2.45, 2.75) is 6.04 Å². The van der Waals surface area contributed by atoms with Gasteiger partial charge in [0, 0.05) is 16.1 Å². The highest BCUT2D eigenvalue weighted by molar-refractivity contribution is 9.10. The van der Waals surface area contributed by atoms with Crippen LogP contribution in [0, 0.1) is 5.82 Å². The topological polar surface area (TPSA) is 52.0 Å². The molecule has 0 saturated heterocycles. The Morgan fingerprint density at radius 3 is 2.89 bits per heavy atom. The van der Waals surface area contributed by atoms with Crippen LogP contribution in [-0.4, -0.2) is 4.98 Å². The summed E-state index contributed by atoms with van der Waals surface area (Å²) in [6, 6.07) is 9.29.